The number of carbonyl (C=O) groups excluding carboxylic acids is 1. The van der Waals surface area contributed by atoms with Gasteiger partial charge in [-0.15, -0.1) is 11.3 Å². The van der Waals surface area contributed by atoms with Crippen LogP contribution in [-0.2, 0) is 4.79 Å². The molecule has 1 heterocycles. The fraction of sp³-hybridized carbons (Fsp3) is 0.214. The smallest absolute Gasteiger partial charge is 0.305 e. The van der Waals surface area contributed by atoms with Gasteiger partial charge in [0, 0.05) is 6.54 Å². The first-order chi connectivity index (χ1) is 9.99. The van der Waals surface area contributed by atoms with E-state index in [4.69, 9.17) is 10.8 Å². The Kier molecular flexibility index (Phi) is 4.54. The van der Waals surface area contributed by atoms with Crippen LogP contribution in [0.4, 0.5) is 11.4 Å². The zero-order valence-corrected chi connectivity index (χ0v) is 12.3. The molecule has 0 saturated carbocycles. The Bertz CT molecular complexity index is 669. The maximum absolute atomic E-state index is 12.6. The lowest BCUT2D eigenvalue weighted by Gasteiger charge is -2.22. The van der Waals surface area contributed by atoms with Crippen molar-refractivity contribution < 1.29 is 14.7 Å². The molecule has 21 heavy (non-hydrogen) atoms. The standard InChI is InChI=1S/C14H15N3O3S/c1-9-16-8-12(21-9)14(20)17(7-6-13(18)19)11-5-3-2-4-10(11)15/h2-5,8H,6-7,15H2,1H3,(H,18,19). The molecule has 3 N–H and O–H groups in total. The quantitative estimate of drug-likeness (QED) is 0.825. The number of aliphatic carboxylic acids is 1. The van der Waals surface area contributed by atoms with E-state index in [1.165, 1.54) is 22.4 Å². The van der Waals surface area contributed by atoms with Crippen molar-refractivity contribution in [3.8, 4) is 0 Å². The number of nitrogens with two attached hydrogens (primary N) is 1. The van der Waals surface area contributed by atoms with Crippen LogP contribution in [0.1, 0.15) is 21.1 Å². The number of para-hydroxylation sites is 2. The first-order valence-corrected chi connectivity index (χ1v) is 7.11. The number of nitrogens with zero attached hydrogens (tertiary/aromatic N) is 2. The summed E-state index contributed by atoms with van der Waals surface area (Å²) >= 11 is 1.27. The van der Waals surface area contributed by atoms with E-state index >= 15 is 0 Å². The van der Waals surface area contributed by atoms with E-state index in [2.05, 4.69) is 4.98 Å². The Morgan fingerprint density at radius 2 is 2.10 bits per heavy atom. The van der Waals surface area contributed by atoms with Crippen LogP contribution in [-0.4, -0.2) is 28.5 Å². The molecule has 1 amide bonds. The third kappa shape index (κ3) is 3.57. The number of nitrogen functional groups attached to an aromatic ring is 1. The Morgan fingerprint density at radius 3 is 2.67 bits per heavy atom. The third-order valence-corrected chi connectivity index (χ3v) is 3.75. The number of aromatic nitrogens is 1. The molecular formula is C14H15N3O3S. The lowest BCUT2D eigenvalue weighted by Crippen LogP contribution is -2.33. The molecule has 0 aliphatic rings. The Morgan fingerprint density at radius 1 is 1.38 bits per heavy atom. The fourth-order valence-corrected chi connectivity index (χ4v) is 2.59. The van der Waals surface area contributed by atoms with Gasteiger partial charge in [-0.25, -0.2) is 4.98 Å². The topological polar surface area (TPSA) is 96.5 Å². The van der Waals surface area contributed by atoms with E-state index in [0.29, 0.717) is 16.3 Å². The second-order valence-corrected chi connectivity index (χ2v) is 5.64. The van der Waals surface area contributed by atoms with Gasteiger partial charge in [0.05, 0.1) is 29.0 Å². The van der Waals surface area contributed by atoms with E-state index < -0.39 is 5.97 Å². The van der Waals surface area contributed by atoms with Gasteiger partial charge >= 0.3 is 5.97 Å². The van der Waals surface area contributed by atoms with Crippen LogP contribution in [0.5, 0.6) is 0 Å². The fourth-order valence-electron chi connectivity index (χ4n) is 1.87. The summed E-state index contributed by atoms with van der Waals surface area (Å²) in [4.78, 5) is 29.3. The Hall–Kier alpha value is -2.41. The molecule has 1 aromatic heterocycles. The van der Waals surface area contributed by atoms with Gasteiger partial charge < -0.3 is 15.7 Å². The summed E-state index contributed by atoms with van der Waals surface area (Å²) in [6.07, 6.45) is 1.34. The van der Waals surface area contributed by atoms with E-state index in [1.54, 1.807) is 31.2 Å². The van der Waals surface area contributed by atoms with Crippen molar-refractivity contribution >= 4 is 34.6 Å². The molecule has 6 nitrogen and oxygen atoms in total. The minimum Gasteiger partial charge on any atom is -0.481 e. The summed E-state index contributed by atoms with van der Waals surface area (Å²) in [6.45, 7) is 1.86. The average Bonchev–Trinajstić information content (AvgIpc) is 2.87. The number of thiazole rings is 1. The van der Waals surface area contributed by atoms with Gasteiger partial charge in [-0.05, 0) is 19.1 Å². The van der Waals surface area contributed by atoms with Crippen molar-refractivity contribution in [2.24, 2.45) is 0 Å². The van der Waals surface area contributed by atoms with Crippen molar-refractivity contribution in [1.29, 1.82) is 0 Å². The van der Waals surface area contributed by atoms with E-state index in [0.717, 1.165) is 5.01 Å². The van der Waals surface area contributed by atoms with Gasteiger partial charge in [-0.1, -0.05) is 12.1 Å². The monoisotopic (exact) mass is 305 g/mol. The first kappa shape index (κ1) is 15.0. The highest BCUT2D eigenvalue weighted by molar-refractivity contribution is 7.13. The van der Waals surface area contributed by atoms with E-state index in [9.17, 15) is 9.59 Å². The Balaban J connectivity index is 2.34. The van der Waals surface area contributed by atoms with Crippen molar-refractivity contribution in [2.45, 2.75) is 13.3 Å². The number of benzene rings is 1. The molecule has 1 aromatic carbocycles. The minimum absolute atomic E-state index is 0.0549. The second kappa shape index (κ2) is 6.36. The number of anilines is 2. The van der Waals surface area contributed by atoms with E-state index in [1.807, 2.05) is 0 Å². The van der Waals surface area contributed by atoms with Gasteiger partial charge in [0.15, 0.2) is 0 Å². The molecule has 0 atom stereocenters. The maximum Gasteiger partial charge on any atom is 0.305 e. The molecule has 0 aliphatic heterocycles. The molecule has 0 saturated heterocycles. The third-order valence-electron chi connectivity index (χ3n) is 2.85. The molecule has 0 spiro atoms. The minimum atomic E-state index is -0.970. The van der Waals surface area contributed by atoms with Gasteiger partial charge in [-0.2, -0.15) is 0 Å². The summed E-state index contributed by atoms with van der Waals surface area (Å²) in [5.41, 5.74) is 6.83. The highest BCUT2D eigenvalue weighted by atomic mass is 32.1. The lowest BCUT2D eigenvalue weighted by atomic mass is 10.2. The summed E-state index contributed by atoms with van der Waals surface area (Å²) in [5, 5.41) is 9.63. The normalized spacial score (nSPS) is 10.3. The molecular weight excluding hydrogens is 290 g/mol. The summed E-state index contributed by atoms with van der Waals surface area (Å²) in [5.74, 6) is -1.26. The molecule has 2 aromatic rings. The van der Waals surface area contributed by atoms with Gasteiger partial charge in [-0.3, -0.25) is 9.59 Å². The summed E-state index contributed by atoms with van der Waals surface area (Å²) < 4.78 is 0. The largest absolute Gasteiger partial charge is 0.481 e. The first-order valence-electron chi connectivity index (χ1n) is 6.29. The van der Waals surface area contributed by atoms with Crippen LogP contribution < -0.4 is 10.6 Å². The predicted molar refractivity (Wildman–Crippen MR) is 81.6 cm³/mol. The van der Waals surface area contributed by atoms with Crippen LogP contribution >= 0.6 is 11.3 Å². The van der Waals surface area contributed by atoms with Crippen LogP contribution in [0.2, 0.25) is 0 Å². The van der Waals surface area contributed by atoms with Gasteiger partial charge in [0.25, 0.3) is 5.91 Å². The Labute approximate surface area is 125 Å². The number of carboxylic acid groups (broad SMARTS) is 1. The average molecular weight is 305 g/mol. The molecule has 7 heteroatoms. The zero-order chi connectivity index (χ0) is 15.4. The van der Waals surface area contributed by atoms with Crippen molar-refractivity contribution in [3.63, 3.8) is 0 Å². The highest BCUT2D eigenvalue weighted by Crippen LogP contribution is 2.26. The van der Waals surface area contributed by atoms with Crippen molar-refractivity contribution in [2.75, 3.05) is 17.2 Å². The predicted octanol–water partition coefficient (Wildman–Crippen LogP) is 2.16. The summed E-state index contributed by atoms with van der Waals surface area (Å²) in [7, 11) is 0. The van der Waals surface area contributed by atoms with Crippen molar-refractivity contribution in [1.82, 2.24) is 4.98 Å². The number of hydrogen-bond acceptors (Lipinski definition) is 5. The number of carbonyl (C=O) groups is 2. The lowest BCUT2D eigenvalue weighted by molar-refractivity contribution is -0.136. The zero-order valence-electron chi connectivity index (χ0n) is 11.4. The number of hydrogen-bond donors (Lipinski definition) is 2. The molecule has 2 rings (SSSR count). The maximum atomic E-state index is 12.6. The van der Waals surface area contributed by atoms with Gasteiger partial charge in [0.1, 0.15) is 4.88 Å². The van der Waals surface area contributed by atoms with Gasteiger partial charge in [0.2, 0.25) is 0 Å². The summed E-state index contributed by atoms with van der Waals surface area (Å²) in [6, 6.07) is 6.89. The SMILES string of the molecule is Cc1ncc(C(=O)N(CCC(=O)O)c2ccccc2N)s1. The molecule has 0 radical (unpaired) electrons. The molecule has 0 fully saturated rings. The van der Waals surface area contributed by atoms with Crippen LogP contribution in [0.15, 0.2) is 30.5 Å². The molecule has 0 bridgehead atoms. The number of carboxylic acids is 1. The number of rotatable bonds is 5. The van der Waals surface area contributed by atoms with Crippen LogP contribution in [0, 0.1) is 6.92 Å². The second-order valence-electron chi connectivity index (χ2n) is 4.40. The molecule has 110 valence electrons. The van der Waals surface area contributed by atoms with Crippen molar-refractivity contribution in [3.05, 3.63) is 40.3 Å². The molecule has 0 aliphatic carbocycles. The molecule has 0 unspecified atom stereocenters. The van der Waals surface area contributed by atoms with Crippen LogP contribution in [0.3, 0.4) is 0 Å². The number of amides is 1. The highest BCUT2D eigenvalue weighted by Gasteiger charge is 2.22. The van der Waals surface area contributed by atoms with Crippen LogP contribution in [0.25, 0.3) is 0 Å². The van der Waals surface area contributed by atoms with E-state index in [-0.39, 0.29) is 18.9 Å². The number of aryl methyl sites for hydroxylation is 1.